The molecule has 1 aromatic heterocycles. The van der Waals surface area contributed by atoms with Gasteiger partial charge in [0, 0.05) is 13.5 Å². The summed E-state index contributed by atoms with van der Waals surface area (Å²) in [6.07, 6.45) is 2.07. The van der Waals surface area contributed by atoms with Gasteiger partial charge in [-0.15, -0.1) is 0 Å². The van der Waals surface area contributed by atoms with Crippen molar-refractivity contribution in [1.29, 1.82) is 0 Å². The number of carbonyl (C=O) groups excluding carboxylic acids is 1. The minimum atomic E-state index is 0.239. The molecule has 0 amide bonds. The largest absolute Gasteiger partial charge is 0.299 e. The summed E-state index contributed by atoms with van der Waals surface area (Å²) in [5.41, 5.74) is 0. The van der Waals surface area contributed by atoms with Gasteiger partial charge in [-0.05, 0) is 0 Å². The van der Waals surface area contributed by atoms with Crippen LogP contribution in [-0.2, 0) is 11.8 Å². The number of aryl methyl sites for hydroxylation is 1. The lowest BCUT2D eigenvalue weighted by atomic mass is 10.4. The van der Waals surface area contributed by atoms with Crippen molar-refractivity contribution in [2.75, 3.05) is 5.75 Å². The fourth-order valence-electron chi connectivity index (χ4n) is 0.663. The zero-order valence-electron chi connectivity index (χ0n) is 7.15. The predicted octanol–water partition coefficient (Wildman–Crippen LogP) is 0.886. The maximum Gasteiger partial charge on any atom is 0.186 e. The summed E-state index contributed by atoms with van der Waals surface area (Å²) in [4.78, 5) is 14.9. The molecule has 0 aliphatic carbocycles. The molecule has 0 atom stereocenters. The van der Waals surface area contributed by atoms with Crippen LogP contribution in [0, 0.1) is 0 Å². The molecule has 0 fully saturated rings. The Morgan fingerprint density at radius 2 is 2.50 bits per heavy atom. The Bertz CT molecular complexity index is 271. The van der Waals surface area contributed by atoms with Crippen LogP contribution < -0.4 is 0 Å². The molecule has 12 heavy (non-hydrogen) atoms. The van der Waals surface area contributed by atoms with Crippen LogP contribution in [-0.4, -0.2) is 26.3 Å². The lowest BCUT2D eigenvalue weighted by Gasteiger charge is -1.97. The van der Waals surface area contributed by atoms with Crippen molar-refractivity contribution in [3.8, 4) is 0 Å². The number of hydrogen-bond acceptors (Lipinski definition) is 4. The highest BCUT2D eigenvalue weighted by molar-refractivity contribution is 7.99. The Kier molecular flexibility index (Phi) is 3.28. The quantitative estimate of drug-likeness (QED) is 0.653. The second kappa shape index (κ2) is 4.25. The second-order valence-electron chi connectivity index (χ2n) is 2.35. The highest BCUT2D eigenvalue weighted by Crippen LogP contribution is 2.12. The fourth-order valence-corrected chi connectivity index (χ4v) is 1.51. The van der Waals surface area contributed by atoms with Crippen LogP contribution in [0.4, 0.5) is 0 Å². The summed E-state index contributed by atoms with van der Waals surface area (Å²) in [5, 5.41) is 4.68. The Labute approximate surface area is 75.4 Å². The van der Waals surface area contributed by atoms with Gasteiger partial charge in [0.05, 0.1) is 5.75 Å². The molecule has 0 radical (unpaired) electrons. The molecule has 0 spiro atoms. The van der Waals surface area contributed by atoms with E-state index in [1.165, 1.54) is 18.1 Å². The van der Waals surface area contributed by atoms with Gasteiger partial charge in [-0.3, -0.25) is 4.79 Å². The van der Waals surface area contributed by atoms with Crippen molar-refractivity contribution in [3.05, 3.63) is 6.33 Å². The van der Waals surface area contributed by atoms with E-state index in [4.69, 9.17) is 0 Å². The van der Waals surface area contributed by atoms with Gasteiger partial charge < -0.3 is 0 Å². The molecule has 4 nitrogen and oxygen atoms in total. The molecule has 0 saturated carbocycles. The van der Waals surface area contributed by atoms with E-state index in [0.29, 0.717) is 12.2 Å². The van der Waals surface area contributed by atoms with Gasteiger partial charge in [0.1, 0.15) is 12.1 Å². The van der Waals surface area contributed by atoms with E-state index in [0.717, 1.165) is 5.16 Å². The Balaban J connectivity index is 2.43. The lowest BCUT2D eigenvalue weighted by Crippen LogP contribution is -2.00. The molecule has 1 heterocycles. The smallest absolute Gasteiger partial charge is 0.186 e. The minimum Gasteiger partial charge on any atom is -0.299 e. The van der Waals surface area contributed by atoms with E-state index in [1.54, 1.807) is 4.68 Å². The number of nitrogens with zero attached hydrogens (tertiary/aromatic N) is 3. The van der Waals surface area contributed by atoms with Crippen molar-refractivity contribution in [2.24, 2.45) is 7.05 Å². The number of thioether (sulfide) groups is 1. The zero-order chi connectivity index (χ0) is 8.97. The molecule has 0 aliphatic heterocycles. The number of carbonyl (C=O) groups is 1. The lowest BCUT2D eigenvalue weighted by molar-refractivity contribution is -0.116. The maximum absolute atomic E-state index is 10.9. The van der Waals surface area contributed by atoms with E-state index >= 15 is 0 Å². The topological polar surface area (TPSA) is 47.8 Å². The third-order valence-electron chi connectivity index (χ3n) is 1.43. The Morgan fingerprint density at radius 3 is 3.00 bits per heavy atom. The van der Waals surface area contributed by atoms with E-state index in [1.807, 2.05) is 14.0 Å². The molecule has 0 aromatic carbocycles. The Hall–Kier alpha value is -0.840. The molecule has 1 rings (SSSR count). The SMILES string of the molecule is CCC(=O)CSc1ncnn1C. The molecule has 1 aromatic rings. The first-order valence-corrected chi connectivity index (χ1v) is 4.71. The average molecular weight is 185 g/mol. The van der Waals surface area contributed by atoms with Crippen molar-refractivity contribution < 1.29 is 4.79 Å². The minimum absolute atomic E-state index is 0.239. The van der Waals surface area contributed by atoms with Crippen LogP contribution in [0.25, 0.3) is 0 Å². The van der Waals surface area contributed by atoms with E-state index in [-0.39, 0.29) is 5.78 Å². The highest BCUT2D eigenvalue weighted by Gasteiger charge is 2.03. The van der Waals surface area contributed by atoms with Crippen LogP contribution in [0.5, 0.6) is 0 Å². The molecule has 0 saturated heterocycles. The summed E-state index contributed by atoms with van der Waals surface area (Å²) in [6.45, 7) is 1.86. The summed E-state index contributed by atoms with van der Waals surface area (Å²) in [6, 6.07) is 0. The van der Waals surface area contributed by atoms with Crippen LogP contribution >= 0.6 is 11.8 Å². The molecule has 0 N–H and O–H groups in total. The highest BCUT2D eigenvalue weighted by atomic mass is 32.2. The molecular formula is C7H11N3OS. The number of aromatic nitrogens is 3. The second-order valence-corrected chi connectivity index (χ2v) is 3.29. The summed E-state index contributed by atoms with van der Waals surface area (Å²) in [5.74, 6) is 0.728. The standard InChI is InChI=1S/C7H11N3OS/c1-3-6(11)4-12-7-8-5-9-10(7)2/h5H,3-4H2,1-2H3. The van der Waals surface area contributed by atoms with Crippen molar-refractivity contribution in [1.82, 2.24) is 14.8 Å². The van der Waals surface area contributed by atoms with Crippen LogP contribution in [0.1, 0.15) is 13.3 Å². The van der Waals surface area contributed by atoms with Gasteiger partial charge in [0.25, 0.3) is 0 Å². The predicted molar refractivity (Wildman–Crippen MR) is 47.0 cm³/mol. The molecular weight excluding hydrogens is 174 g/mol. The van der Waals surface area contributed by atoms with E-state index in [2.05, 4.69) is 10.1 Å². The normalized spacial score (nSPS) is 10.2. The molecule has 0 aliphatic rings. The van der Waals surface area contributed by atoms with E-state index < -0.39 is 0 Å². The molecule has 0 unspecified atom stereocenters. The number of rotatable bonds is 4. The number of hydrogen-bond donors (Lipinski definition) is 0. The van der Waals surface area contributed by atoms with Gasteiger partial charge in [-0.2, -0.15) is 5.10 Å². The number of Topliss-reactive ketones (excluding diaryl/α,β-unsaturated/α-hetero) is 1. The van der Waals surface area contributed by atoms with Crippen molar-refractivity contribution in [3.63, 3.8) is 0 Å². The van der Waals surface area contributed by atoms with Crippen LogP contribution in [0.2, 0.25) is 0 Å². The maximum atomic E-state index is 10.9. The first-order chi connectivity index (χ1) is 5.74. The average Bonchev–Trinajstić information content (AvgIpc) is 2.47. The number of ketones is 1. The first kappa shape index (κ1) is 9.25. The zero-order valence-corrected chi connectivity index (χ0v) is 7.97. The summed E-state index contributed by atoms with van der Waals surface area (Å²) < 4.78 is 1.66. The summed E-state index contributed by atoms with van der Waals surface area (Å²) in [7, 11) is 1.81. The fraction of sp³-hybridized carbons (Fsp3) is 0.571. The van der Waals surface area contributed by atoms with Crippen molar-refractivity contribution in [2.45, 2.75) is 18.5 Å². The van der Waals surface area contributed by atoms with Gasteiger partial charge in [-0.1, -0.05) is 18.7 Å². The first-order valence-electron chi connectivity index (χ1n) is 3.72. The van der Waals surface area contributed by atoms with Gasteiger partial charge in [0.2, 0.25) is 0 Å². The molecule has 66 valence electrons. The van der Waals surface area contributed by atoms with Crippen molar-refractivity contribution >= 4 is 17.5 Å². The molecule has 5 heteroatoms. The monoisotopic (exact) mass is 185 g/mol. The molecule has 0 bridgehead atoms. The Morgan fingerprint density at radius 1 is 1.75 bits per heavy atom. The third-order valence-corrected chi connectivity index (χ3v) is 2.52. The summed E-state index contributed by atoms with van der Waals surface area (Å²) >= 11 is 1.43. The van der Waals surface area contributed by atoms with Gasteiger partial charge >= 0.3 is 0 Å². The third kappa shape index (κ3) is 2.34. The van der Waals surface area contributed by atoms with Crippen LogP contribution in [0.15, 0.2) is 11.5 Å². The van der Waals surface area contributed by atoms with E-state index in [9.17, 15) is 4.79 Å². The van der Waals surface area contributed by atoms with Gasteiger partial charge in [-0.25, -0.2) is 9.67 Å². The van der Waals surface area contributed by atoms with Crippen LogP contribution in [0.3, 0.4) is 0 Å². The van der Waals surface area contributed by atoms with Gasteiger partial charge in [0.15, 0.2) is 5.16 Å².